The molecule has 168 valence electrons. The first-order chi connectivity index (χ1) is 16.2. The van der Waals surface area contributed by atoms with E-state index in [1.807, 2.05) is 28.9 Å². The van der Waals surface area contributed by atoms with Crippen LogP contribution in [0.3, 0.4) is 0 Å². The zero-order valence-electron chi connectivity index (χ0n) is 18.4. The van der Waals surface area contributed by atoms with Crippen LogP contribution < -0.4 is 15.8 Å². The maximum Gasteiger partial charge on any atom is 0.256 e. The van der Waals surface area contributed by atoms with E-state index in [0.29, 0.717) is 29.7 Å². The Morgan fingerprint density at radius 3 is 2.73 bits per heavy atom. The number of rotatable bonds is 6. The van der Waals surface area contributed by atoms with E-state index in [1.54, 1.807) is 12.3 Å². The van der Waals surface area contributed by atoms with Crippen LogP contribution in [-0.4, -0.2) is 37.7 Å². The lowest BCUT2D eigenvalue weighted by molar-refractivity contribution is 0.0947. The van der Waals surface area contributed by atoms with Crippen molar-refractivity contribution >= 4 is 22.8 Å². The van der Waals surface area contributed by atoms with E-state index in [-0.39, 0.29) is 5.91 Å². The maximum absolute atomic E-state index is 12.5. The number of carbonyl (C=O) groups is 1. The number of methoxy groups -OCH3 is 1. The van der Waals surface area contributed by atoms with Gasteiger partial charge in [0.1, 0.15) is 23.6 Å². The topological polar surface area (TPSA) is 121 Å². The van der Waals surface area contributed by atoms with Crippen molar-refractivity contribution in [2.45, 2.75) is 38.3 Å². The van der Waals surface area contributed by atoms with Crippen LogP contribution in [0.1, 0.15) is 47.6 Å². The molecule has 1 aliphatic rings. The van der Waals surface area contributed by atoms with Gasteiger partial charge in [0.15, 0.2) is 5.65 Å². The molecule has 1 aliphatic carbocycles. The van der Waals surface area contributed by atoms with Crippen molar-refractivity contribution in [3.8, 4) is 17.0 Å². The third kappa shape index (κ3) is 3.97. The minimum absolute atomic E-state index is 0.241. The third-order valence-corrected chi connectivity index (χ3v) is 6.11. The predicted octanol–water partition coefficient (Wildman–Crippen LogP) is 3.52. The van der Waals surface area contributed by atoms with Crippen molar-refractivity contribution in [2.75, 3.05) is 12.8 Å². The van der Waals surface area contributed by atoms with Crippen molar-refractivity contribution in [3.05, 3.63) is 60.2 Å². The number of ether oxygens (including phenoxy) is 1. The number of aromatic nitrogens is 5. The van der Waals surface area contributed by atoms with Crippen molar-refractivity contribution < 1.29 is 9.53 Å². The summed E-state index contributed by atoms with van der Waals surface area (Å²) in [5.41, 5.74) is 10.1. The van der Waals surface area contributed by atoms with Crippen molar-refractivity contribution in [1.29, 1.82) is 0 Å². The normalized spacial score (nSPS) is 14.0. The van der Waals surface area contributed by atoms with Gasteiger partial charge in [-0.2, -0.15) is 5.10 Å². The van der Waals surface area contributed by atoms with Gasteiger partial charge in [-0.15, -0.1) is 0 Å². The highest BCUT2D eigenvalue weighted by molar-refractivity contribution is 5.98. The Bertz CT molecular complexity index is 1290. The molecule has 3 aromatic heterocycles. The molecule has 9 heteroatoms. The van der Waals surface area contributed by atoms with Crippen LogP contribution in [0.4, 0.5) is 5.82 Å². The first-order valence-electron chi connectivity index (χ1n) is 11.0. The number of anilines is 1. The minimum atomic E-state index is -0.241. The number of nitrogens with one attached hydrogen (secondary N) is 1. The average Bonchev–Trinajstić information content (AvgIpc) is 3.51. The smallest absolute Gasteiger partial charge is 0.256 e. The molecule has 0 radical (unpaired) electrons. The van der Waals surface area contributed by atoms with Crippen molar-refractivity contribution in [3.63, 3.8) is 0 Å². The fourth-order valence-electron chi connectivity index (χ4n) is 4.39. The van der Waals surface area contributed by atoms with Gasteiger partial charge >= 0.3 is 0 Å². The number of carbonyl (C=O) groups excluding carboxylic acids is 1. The molecule has 3 heterocycles. The van der Waals surface area contributed by atoms with Gasteiger partial charge in [0, 0.05) is 24.5 Å². The molecule has 1 saturated carbocycles. The van der Waals surface area contributed by atoms with Crippen LogP contribution in [0.5, 0.6) is 5.75 Å². The number of amides is 1. The van der Waals surface area contributed by atoms with Crippen LogP contribution in [0.2, 0.25) is 0 Å². The van der Waals surface area contributed by atoms with E-state index >= 15 is 0 Å². The van der Waals surface area contributed by atoms with Gasteiger partial charge in [-0.05, 0) is 24.5 Å². The SMILES string of the molecule is COc1ccncc1C(=O)NCc1ccc(-c2nn(C3CCCC3)c3ncnc(N)c23)cc1. The predicted molar refractivity (Wildman–Crippen MR) is 125 cm³/mol. The molecule has 1 amide bonds. The molecule has 1 fully saturated rings. The molecular weight excluding hydrogens is 418 g/mol. The fourth-order valence-corrected chi connectivity index (χ4v) is 4.39. The summed E-state index contributed by atoms with van der Waals surface area (Å²) < 4.78 is 7.26. The summed E-state index contributed by atoms with van der Waals surface area (Å²) in [5, 5.41) is 8.61. The fraction of sp³-hybridized carbons (Fsp3) is 0.292. The Balaban J connectivity index is 1.38. The molecule has 1 aromatic carbocycles. The van der Waals surface area contributed by atoms with Crippen LogP contribution in [0.15, 0.2) is 49.1 Å². The second-order valence-electron chi connectivity index (χ2n) is 8.14. The number of benzene rings is 1. The maximum atomic E-state index is 12.5. The van der Waals surface area contributed by atoms with Gasteiger partial charge in [-0.3, -0.25) is 9.78 Å². The molecule has 5 rings (SSSR count). The highest BCUT2D eigenvalue weighted by atomic mass is 16.5. The standard InChI is InChI=1S/C24H25N7O2/c1-33-19-10-11-26-13-18(19)24(32)27-12-15-6-8-16(9-7-15)21-20-22(25)28-14-29-23(20)31(30-21)17-4-2-3-5-17/h6-11,13-14,17H,2-5,12H2,1H3,(H,27,32)(H2,25,28,29). The summed E-state index contributed by atoms with van der Waals surface area (Å²) in [6, 6.07) is 9.91. The quantitative estimate of drug-likeness (QED) is 0.468. The van der Waals surface area contributed by atoms with E-state index in [1.165, 1.54) is 32.5 Å². The van der Waals surface area contributed by atoms with Gasteiger partial charge < -0.3 is 15.8 Å². The summed E-state index contributed by atoms with van der Waals surface area (Å²) in [6.45, 7) is 0.375. The highest BCUT2D eigenvalue weighted by Gasteiger charge is 2.24. The first-order valence-corrected chi connectivity index (χ1v) is 11.0. The third-order valence-electron chi connectivity index (χ3n) is 6.11. The molecule has 0 spiro atoms. The van der Waals surface area contributed by atoms with Crippen molar-refractivity contribution in [1.82, 2.24) is 30.0 Å². The lowest BCUT2D eigenvalue weighted by Gasteiger charge is -2.10. The Morgan fingerprint density at radius 2 is 1.97 bits per heavy atom. The van der Waals surface area contributed by atoms with Gasteiger partial charge in [-0.1, -0.05) is 37.1 Å². The number of fused-ring (bicyclic) bond motifs is 1. The average molecular weight is 444 g/mol. The van der Waals surface area contributed by atoms with E-state index < -0.39 is 0 Å². The van der Waals surface area contributed by atoms with Gasteiger partial charge in [0.25, 0.3) is 5.91 Å². The lowest BCUT2D eigenvalue weighted by atomic mass is 10.1. The Hall–Kier alpha value is -4.01. The van der Waals surface area contributed by atoms with Crippen LogP contribution in [0, 0.1) is 0 Å². The van der Waals surface area contributed by atoms with Gasteiger partial charge in [0.2, 0.25) is 0 Å². The van der Waals surface area contributed by atoms with E-state index in [0.717, 1.165) is 40.7 Å². The number of hydrogen-bond donors (Lipinski definition) is 2. The molecule has 0 bridgehead atoms. The van der Waals surface area contributed by atoms with E-state index in [9.17, 15) is 4.79 Å². The molecule has 0 saturated heterocycles. The van der Waals surface area contributed by atoms with Crippen molar-refractivity contribution in [2.24, 2.45) is 0 Å². The number of nitrogen functional groups attached to an aromatic ring is 1. The second-order valence-corrected chi connectivity index (χ2v) is 8.14. The molecule has 0 aliphatic heterocycles. The number of nitrogens with zero attached hydrogens (tertiary/aromatic N) is 5. The molecule has 0 atom stereocenters. The number of nitrogens with two attached hydrogens (primary N) is 1. The summed E-state index contributed by atoms with van der Waals surface area (Å²) in [4.78, 5) is 25.2. The summed E-state index contributed by atoms with van der Waals surface area (Å²) >= 11 is 0. The molecule has 3 N–H and O–H groups in total. The summed E-state index contributed by atoms with van der Waals surface area (Å²) in [5.74, 6) is 0.679. The number of pyridine rings is 1. The summed E-state index contributed by atoms with van der Waals surface area (Å²) in [6.07, 6.45) is 9.18. The van der Waals surface area contributed by atoms with Gasteiger partial charge in [-0.25, -0.2) is 14.6 Å². The van der Waals surface area contributed by atoms with Crippen LogP contribution in [0.25, 0.3) is 22.3 Å². The summed E-state index contributed by atoms with van der Waals surface area (Å²) in [7, 11) is 1.53. The van der Waals surface area contributed by atoms with Gasteiger partial charge in [0.05, 0.1) is 24.1 Å². The zero-order chi connectivity index (χ0) is 22.8. The second kappa shape index (κ2) is 8.85. The Labute approximate surface area is 191 Å². The lowest BCUT2D eigenvalue weighted by Crippen LogP contribution is -2.23. The zero-order valence-corrected chi connectivity index (χ0v) is 18.4. The van der Waals surface area contributed by atoms with Crippen LogP contribution >= 0.6 is 0 Å². The molecular formula is C24H25N7O2. The monoisotopic (exact) mass is 443 g/mol. The number of hydrogen-bond acceptors (Lipinski definition) is 7. The largest absolute Gasteiger partial charge is 0.496 e. The Kier molecular flexibility index (Phi) is 5.60. The molecule has 4 aromatic rings. The van der Waals surface area contributed by atoms with Crippen LogP contribution in [-0.2, 0) is 6.54 Å². The highest BCUT2D eigenvalue weighted by Crippen LogP contribution is 2.36. The molecule has 0 unspecified atom stereocenters. The van der Waals surface area contributed by atoms with E-state index in [2.05, 4.69) is 20.3 Å². The minimum Gasteiger partial charge on any atom is -0.496 e. The van der Waals surface area contributed by atoms with E-state index in [4.69, 9.17) is 15.6 Å². The molecule has 33 heavy (non-hydrogen) atoms. The first kappa shape index (κ1) is 20.9. The Morgan fingerprint density at radius 1 is 1.18 bits per heavy atom. The molecule has 9 nitrogen and oxygen atoms in total.